The van der Waals surface area contributed by atoms with Crippen molar-refractivity contribution >= 4 is 17.9 Å². The molecule has 0 aliphatic heterocycles. The van der Waals surface area contributed by atoms with Crippen LogP contribution in [0.5, 0.6) is 0 Å². The van der Waals surface area contributed by atoms with Crippen LogP contribution < -0.4 is 0 Å². The van der Waals surface area contributed by atoms with Crippen molar-refractivity contribution in [2.24, 2.45) is 17.8 Å². The van der Waals surface area contributed by atoms with Crippen molar-refractivity contribution in [2.45, 2.75) is 91.9 Å². The average molecular weight is 471 g/mol. The standard InChI is InChI=1S/C26H47NO6/c1-5-6-7-8-9-10-11-12-13-17-27(18-14-21(2)24(28)29,19-15-22(3)25(30)31)20-16-23(4)26(32)33/h11-12,21-23H,5-10,13-20H2,1-4H3,(H2-,28,29,30,31,32,33)/p+1/b12-11+. The van der Waals surface area contributed by atoms with E-state index in [0.29, 0.717) is 43.4 Å². The van der Waals surface area contributed by atoms with Crippen LogP contribution in [0.4, 0.5) is 0 Å². The van der Waals surface area contributed by atoms with E-state index in [-0.39, 0.29) is 0 Å². The molecule has 0 radical (unpaired) electrons. The average Bonchev–Trinajstić information content (AvgIpc) is 2.77. The van der Waals surface area contributed by atoms with Crippen molar-refractivity contribution in [1.29, 1.82) is 0 Å². The van der Waals surface area contributed by atoms with Crippen LogP contribution in [-0.4, -0.2) is 63.9 Å². The molecule has 192 valence electrons. The van der Waals surface area contributed by atoms with Gasteiger partial charge in [0.1, 0.15) is 0 Å². The summed E-state index contributed by atoms with van der Waals surface area (Å²) in [5.41, 5.74) is 0. The van der Waals surface area contributed by atoms with E-state index < -0.39 is 35.7 Å². The normalized spacial score (nSPS) is 16.2. The zero-order valence-corrected chi connectivity index (χ0v) is 21.3. The van der Waals surface area contributed by atoms with Gasteiger partial charge < -0.3 is 19.8 Å². The summed E-state index contributed by atoms with van der Waals surface area (Å²) in [7, 11) is 0. The number of carboxylic acids is 3. The quantitative estimate of drug-likeness (QED) is 0.117. The molecule has 7 heteroatoms. The van der Waals surface area contributed by atoms with Crippen molar-refractivity contribution in [2.75, 3.05) is 26.2 Å². The molecule has 0 aromatic heterocycles. The van der Waals surface area contributed by atoms with Crippen LogP contribution in [0.2, 0.25) is 0 Å². The van der Waals surface area contributed by atoms with Gasteiger partial charge in [0.2, 0.25) is 0 Å². The highest BCUT2D eigenvalue weighted by Gasteiger charge is 2.31. The summed E-state index contributed by atoms with van der Waals surface area (Å²) in [5.74, 6) is -3.99. The SMILES string of the molecule is CCCCCCC/C=C/CC[N+](CCC(C)C(=O)O)(CCC(C)C(=O)O)CCC(C)C(=O)O. The van der Waals surface area contributed by atoms with E-state index in [1.807, 2.05) is 0 Å². The van der Waals surface area contributed by atoms with E-state index >= 15 is 0 Å². The fourth-order valence-corrected chi connectivity index (χ4v) is 3.89. The third kappa shape index (κ3) is 14.8. The molecule has 0 amide bonds. The van der Waals surface area contributed by atoms with Gasteiger partial charge in [-0.1, -0.05) is 65.5 Å². The van der Waals surface area contributed by atoms with Gasteiger partial charge in [0, 0.05) is 25.7 Å². The molecule has 0 saturated heterocycles. The number of unbranched alkanes of at least 4 members (excludes halogenated alkanes) is 5. The molecule has 0 fully saturated rings. The summed E-state index contributed by atoms with van der Waals surface area (Å²) in [6, 6.07) is 0. The second kappa shape index (κ2) is 17.6. The summed E-state index contributed by atoms with van der Waals surface area (Å²) >= 11 is 0. The lowest BCUT2D eigenvalue weighted by Crippen LogP contribution is -2.52. The minimum absolute atomic E-state index is 0.485. The Morgan fingerprint density at radius 2 is 1.03 bits per heavy atom. The van der Waals surface area contributed by atoms with Crippen LogP contribution in [0, 0.1) is 17.8 Å². The Balaban J connectivity index is 5.25. The lowest BCUT2D eigenvalue weighted by molar-refractivity contribution is -0.929. The van der Waals surface area contributed by atoms with E-state index in [1.54, 1.807) is 20.8 Å². The summed E-state index contributed by atoms with van der Waals surface area (Å²) < 4.78 is 0.563. The number of allylic oxidation sites excluding steroid dienone is 1. The predicted octanol–water partition coefficient (Wildman–Crippen LogP) is 5.44. The molecule has 0 aliphatic carbocycles. The van der Waals surface area contributed by atoms with Gasteiger partial charge in [0.25, 0.3) is 0 Å². The first-order valence-electron chi connectivity index (χ1n) is 12.7. The molecule has 0 saturated carbocycles. The number of rotatable bonds is 21. The first kappa shape index (κ1) is 31.1. The Morgan fingerprint density at radius 1 is 0.636 bits per heavy atom. The molecule has 0 aromatic rings. The number of nitrogens with zero attached hydrogens (tertiary/aromatic N) is 1. The van der Waals surface area contributed by atoms with Crippen LogP contribution in [0.15, 0.2) is 12.2 Å². The van der Waals surface area contributed by atoms with Gasteiger partial charge in [-0.15, -0.1) is 0 Å². The Labute approximate surface area is 200 Å². The van der Waals surface area contributed by atoms with Crippen molar-refractivity contribution in [1.82, 2.24) is 0 Å². The van der Waals surface area contributed by atoms with Crippen LogP contribution in [-0.2, 0) is 14.4 Å². The van der Waals surface area contributed by atoms with Gasteiger partial charge in [-0.3, -0.25) is 14.4 Å². The molecular weight excluding hydrogens is 422 g/mol. The Bertz CT molecular complexity index is 544. The van der Waals surface area contributed by atoms with Gasteiger partial charge in [-0.2, -0.15) is 0 Å². The minimum Gasteiger partial charge on any atom is -0.481 e. The predicted molar refractivity (Wildman–Crippen MR) is 131 cm³/mol. The molecule has 3 unspecified atom stereocenters. The highest BCUT2D eigenvalue weighted by atomic mass is 16.4. The minimum atomic E-state index is -0.839. The van der Waals surface area contributed by atoms with Crippen LogP contribution >= 0.6 is 0 Å². The largest absolute Gasteiger partial charge is 0.481 e. The number of hydrogen-bond acceptors (Lipinski definition) is 3. The maximum atomic E-state index is 11.4. The van der Waals surface area contributed by atoms with Gasteiger partial charge in [0.05, 0.1) is 43.9 Å². The first-order valence-corrected chi connectivity index (χ1v) is 12.7. The molecule has 0 heterocycles. The molecule has 0 bridgehead atoms. The van der Waals surface area contributed by atoms with Crippen LogP contribution in [0.25, 0.3) is 0 Å². The molecule has 0 spiro atoms. The molecule has 3 N–H and O–H groups in total. The summed E-state index contributed by atoms with van der Waals surface area (Å²) in [5, 5.41) is 28.0. The summed E-state index contributed by atoms with van der Waals surface area (Å²) in [6.45, 7) is 9.86. The van der Waals surface area contributed by atoms with E-state index in [1.165, 1.54) is 32.1 Å². The zero-order chi connectivity index (χ0) is 25.3. The fraction of sp³-hybridized carbons (Fsp3) is 0.808. The van der Waals surface area contributed by atoms with E-state index in [2.05, 4.69) is 19.1 Å². The van der Waals surface area contributed by atoms with Crippen LogP contribution in [0.3, 0.4) is 0 Å². The summed E-state index contributed by atoms with van der Waals surface area (Å²) in [6.07, 6.45) is 13.9. The highest BCUT2D eigenvalue weighted by Crippen LogP contribution is 2.21. The Kier molecular flexibility index (Phi) is 16.6. The van der Waals surface area contributed by atoms with Crippen molar-refractivity contribution < 1.29 is 34.2 Å². The Morgan fingerprint density at radius 3 is 1.42 bits per heavy atom. The molecule has 7 nitrogen and oxygen atoms in total. The molecule has 0 aromatic carbocycles. The lowest BCUT2D eigenvalue weighted by Gasteiger charge is -2.40. The van der Waals surface area contributed by atoms with E-state index in [4.69, 9.17) is 0 Å². The number of aliphatic carboxylic acids is 3. The van der Waals surface area contributed by atoms with Gasteiger partial charge in [-0.05, 0) is 12.8 Å². The molecule has 3 atom stereocenters. The zero-order valence-electron chi connectivity index (χ0n) is 21.3. The van der Waals surface area contributed by atoms with Gasteiger partial charge in [0.15, 0.2) is 0 Å². The van der Waals surface area contributed by atoms with E-state index in [9.17, 15) is 29.7 Å². The second-order valence-electron chi connectivity index (χ2n) is 9.78. The van der Waals surface area contributed by atoms with E-state index in [0.717, 1.165) is 19.4 Å². The number of carbonyl (C=O) groups is 3. The number of hydrogen-bond donors (Lipinski definition) is 3. The monoisotopic (exact) mass is 470 g/mol. The van der Waals surface area contributed by atoms with Gasteiger partial charge in [-0.25, -0.2) is 0 Å². The number of carboxylic acid groups (broad SMARTS) is 3. The van der Waals surface area contributed by atoms with Crippen molar-refractivity contribution in [3.63, 3.8) is 0 Å². The maximum absolute atomic E-state index is 11.4. The highest BCUT2D eigenvalue weighted by molar-refractivity contribution is 5.70. The molecule has 33 heavy (non-hydrogen) atoms. The number of quaternary nitrogens is 1. The third-order valence-electron chi connectivity index (χ3n) is 6.79. The molecule has 0 rings (SSSR count). The smallest absolute Gasteiger partial charge is 0.306 e. The lowest BCUT2D eigenvalue weighted by atomic mass is 10.0. The maximum Gasteiger partial charge on any atom is 0.306 e. The summed E-state index contributed by atoms with van der Waals surface area (Å²) in [4.78, 5) is 34.1. The fourth-order valence-electron chi connectivity index (χ4n) is 3.89. The Hall–Kier alpha value is -1.89. The van der Waals surface area contributed by atoms with Crippen molar-refractivity contribution in [3.05, 3.63) is 12.2 Å². The first-order chi connectivity index (χ1) is 15.5. The molecule has 0 aliphatic rings. The molecular formula is C26H48NO6+. The van der Waals surface area contributed by atoms with Crippen molar-refractivity contribution in [3.8, 4) is 0 Å². The second-order valence-corrected chi connectivity index (χ2v) is 9.78. The third-order valence-corrected chi connectivity index (χ3v) is 6.79. The van der Waals surface area contributed by atoms with Crippen LogP contribution in [0.1, 0.15) is 91.9 Å². The topological polar surface area (TPSA) is 112 Å². The van der Waals surface area contributed by atoms with Gasteiger partial charge >= 0.3 is 17.9 Å².